The van der Waals surface area contributed by atoms with E-state index in [1.54, 1.807) is 0 Å². The number of nitrogens with one attached hydrogen (secondary N) is 1. The molecule has 2 rings (SSSR count). The van der Waals surface area contributed by atoms with Crippen LogP contribution in [0.25, 0.3) is 0 Å². The maximum absolute atomic E-state index is 11.2. The van der Waals surface area contributed by atoms with Crippen LogP contribution in [0.2, 0.25) is 0 Å². The van der Waals surface area contributed by atoms with Gasteiger partial charge in [-0.3, -0.25) is 4.79 Å². The van der Waals surface area contributed by atoms with Crippen LogP contribution in [-0.4, -0.2) is 25.6 Å². The average Bonchev–Trinajstić information content (AvgIpc) is 2.46. The molecular weight excluding hydrogens is 228 g/mol. The standard InChI is InChI=1S/C14H20N2O2/c15-9-13(17)16-10-12-7-4-8-18-14(12)11-5-2-1-3-6-11/h1-3,5-6,12,14H,4,7-10,15H2,(H,16,17). The van der Waals surface area contributed by atoms with Crippen molar-refractivity contribution in [1.29, 1.82) is 0 Å². The molecule has 0 aliphatic carbocycles. The van der Waals surface area contributed by atoms with E-state index in [9.17, 15) is 4.79 Å². The van der Waals surface area contributed by atoms with Crippen molar-refractivity contribution in [3.63, 3.8) is 0 Å². The van der Waals surface area contributed by atoms with Gasteiger partial charge in [-0.2, -0.15) is 0 Å². The van der Waals surface area contributed by atoms with Gasteiger partial charge in [-0.15, -0.1) is 0 Å². The van der Waals surface area contributed by atoms with Gasteiger partial charge in [0.1, 0.15) is 0 Å². The Labute approximate surface area is 108 Å². The van der Waals surface area contributed by atoms with Crippen molar-refractivity contribution in [2.75, 3.05) is 19.7 Å². The van der Waals surface area contributed by atoms with E-state index in [2.05, 4.69) is 17.4 Å². The SMILES string of the molecule is NCC(=O)NCC1CCCOC1c1ccccc1. The lowest BCUT2D eigenvalue weighted by Crippen LogP contribution is -2.37. The summed E-state index contributed by atoms with van der Waals surface area (Å²) in [4.78, 5) is 11.2. The second kappa shape index (κ2) is 6.52. The van der Waals surface area contributed by atoms with E-state index in [0.717, 1.165) is 19.4 Å². The van der Waals surface area contributed by atoms with E-state index in [1.165, 1.54) is 5.56 Å². The van der Waals surface area contributed by atoms with Crippen LogP contribution in [0.4, 0.5) is 0 Å². The van der Waals surface area contributed by atoms with Crippen LogP contribution in [0, 0.1) is 5.92 Å². The molecule has 1 amide bonds. The summed E-state index contributed by atoms with van der Waals surface area (Å²) in [5.41, 5.74) is 6.47. The first-order chi connectivity index (χ1) is 8.81. The van der Waals surface area contributed by atoms with Crippen molar-refractivity contribution >= 4 is 5.91 Å². The highest BCUT2D eigenvalue weighted by atomic mass is 16.5. The molecule has 0 saturated carbocycles. The molecule has 0 bridgehead atoms. The van der Waals surface area contributed by atoms with Gasteiger partial charge < -0.3 is 15.8 Å². The van der Waals surface area contributed by atoms with Crippen LogP contribution in [0.5, 0.6) is 0 Å². The summed E-state index contributed by atoms with van der Waals surface area (Å²) < 4.78 is 5.86. The lowest BCUT2D eigenvalue weighted by atomic mass is 9.89. The summed E-state index contributed by atoms with van der Waals surface area (Å²) in [6.07, 6.45) is 2.20. The zero-order chi connectivity index (χ0) is 12.8. The number of ether oxygens (including phenoxy) is 1. The molecule has 1 aliphatic heterocycles. The van der Waals surface area contributed by atoms with Crippen molar-refractivity contribution in [3.8, 4) is 0 Å². The molecule has 1 saturated heterocycles. The van der Waals surface area contributed by atoms with E-state index in [-0.39, 0.29) is 18.6 Å². The molecule has 18 heavy (non-hydrogen) atoms. The minimum atomic E-state index is -0.104. The predicted octanol–water partition coefficient (Wildman–Crippen LogP) is 1.23. The number of carbonyl (C=O) groups is 1. The summed E-state index contributed by atoms with van der Waals surface area (Å²) in [6, 6.07) is 10.2. The van der Waals surface area contributed by atoms with Crippen LogP contribution in [0.3, 0.4) is 0 Å². The third-order valence-electron chi connectivity index (χ3n) is 3.32. The molecule has 1 heterocycles. The van der Waals surface area contributed by atoms with Gasteiger partial charge >= 0.3 is 0 Å². The Bertz CT molecular complexity index is 381. The molecular formula is C14H20N2O2. The van der Waals surface area contributed by atoms with Gasteiger partial charge in [0.25, 0.3) is 0 Å². The number of nitrogens with two attached hydrogens (primary N) is 1. The quantitative estimate of drug-likeness (QED) is 0.842. The molecule has 98 valence electrons. The zero-order valence-electron chi connectivity index (χ0n) is 10.5. The minimum Gasteiger partial charge on any atom is -0.373 e. The molecule has 2 unspecified atom stereocenters. The third kappa shape index (κ3) is 3.31. The van der Waals surface area contributed by atoms with E-state index in [0.29, 0.717) is 12.5 Å². The van der Waals surface area contributed by atoms with Crippen LogP contribution >= 0.6 is 0 Å². The second-order valence-electron chi connectivity index (χ2n) is 4.61. The van der Waals surface area contributed by atoms with Crippen LogP contribution in [0.1, 0.15) is 24.5 Å². The van der Waals surface area contributed by atoms with Gasteiger partial charge in [-0.25, -0.2) is 0 Å². The van der Waals surface area contributed by atoms with Crippen molar-refractivity contribution in [3.05, 3.63) is 35.9 Å². The van der Waals surface area contributed by atoms with Crippen molar-refractivity contribution in [1.82, 2.24) is 5.32 Å². The maximum atomic E-state index is 11.2. The van der Waals surface area contributed by atoms with Gasteiger partial charge in [0.05, 0.1) is 12.6 Å². The fraction of sp³-hybridized carbons (Fsp3) is 0.500. The van der Waals surface area contributed by atoms with Gasteiger partial charge in [0.15, 0.2) is 0 Å². The summed E-state index contributed by atoms with van der Waals surface area (Å²) in [7, 11) is 0. The number of amides is 1. The van der Waals surface area contributed by atoms with E-state index in [1.807, 2.05) is 18.2 Å². The van der Waals surface area contributed by atoms with Crippen LogP contribution in [-0.2, 0) is 9.53 Å². The summed E-state index contributed by atoms with van der Waals surface area (Å²) >= 11 is 0. The van der Waals surface area contributed by atoms with E-state index < -0.39 is 0 Å². The van der Waals surface area contributed by atoms with E-state index >= 15 is 0 Å². The first-order valence-corrected chi connectivity index (χ1v) is 6.44. The fourth-order valence-corrected chi connectivity index (χ4v) is 2.38. The molecule has 1 aliphatic rings. The lowest BCUT2D eigenvalue weighted by Gasteiger charge is -2.32. The first kappa shape index (κ1) is 13.1. The Morgan fingerprint density at radius 2 is 2.17 bits per heavy atom. The number of hydrogen-bond donors (Lipinski definition) is 2. The minimum absolute atomic E-state index is 0.0452. The molecule has 1 fully saturated rings. The van der Waals surface area contributed by atoms with Gasteiger partial charge in [-0.1, -0.05) is 30.3 Å². The highest BCUT2D eigenvalue weighted by Gasteiger charge is 2.27. The Hall–Kier alpha value is -1.39. The van der Waals surface area contributed by atoms with Crippen LogP contribution in [0.15, 0.2) is 30.3 Å². The molecule has 2 atom stereocenters. The van der Waals surface area contributed by atoms with Gasteiger partial charge in [0.2, 0.25) is 5.91 Å². The van der Waals surface area contributed by atoms with Crippen molar-refractivity contribution in [2.45, 2.75) is 18.9 Å². The number of carbonyl (C=O) groups excluding carboxylic acids is 1. The molecule has 0 aromatic heterocycles. The normalized spacial score (nSPS) is 23.6. The predicted molar refractivity (Wildman–Crippen MR) is 69.9 cm³/mol. The largest absolute Gasteiger partial charge is 0.373 e. The maximum Gasteiger partial charge on any atom is 0.233 e. The Morgan fingerprint density at radius 1 is 1.39 bits per heavy atom. The Morgan fingerprint density at radius 3 is 2.89 bits per heavy atom. The van der Waals surface area contributed by atoms with Gasteiger partial charge in [0, 0.05) is 19.1 Å². The highest BCUT2D eigenvalue weighted by molar-refractivity contribution is 5.77. The third-order valence-corrected chi connectivity index (χ3v) is 3.32. The topological polar surface area (TPSA) is 64.4 Å². The Kier molecular flexibility index (Phi) is 4.73. The monoisotopic (exact) mass is 248 g/mol. The van der Waals surface area contributed by atoms with Crippen molar-refractivity contribution in [2.24, 2.45) is 11.7 Å². The molecule has 3 N–H and O–H groups in total. The molecule has 4 nitrogen and oxygen atoms in total. The summed E-state index contributed by atoms with van der Waals surface area (Å²) in [6.45, 7) is 1.47. The fourth-order valence-electron chi connectivity index (χ4n) is 2.38. The number of rotatable bonds is 4. The van der Waals surface area contributed by atoms with Gasteiger partial charge in [-0.05, 0) is 18.4 Å². The second-order valence-corrected chi connectivity index (χ2v) is 4.61. The molecule has 4 heteroatoms. The zero-order valence-corrected chi connectivity index (χ0v) is 10.5. The first-order valence-electron chi connectivity index (χ1n) is 6.44. The smallest absolute Gasteiger partial charge is 0.233 e. The highest BCUT2D eigenvalue weighted by Crippen LogP contribution is 2.32. The molecule has 1 aromatic rings. The summed E-state index contributed by atoms with van der Waals surface area (Å²) in [5.74, 6) is 0.226. The number of hydrogen-bond acceptors (Lipinski definition) is 3. The lowest BCUT2D eigenvalue weighted by molar-refractivity contribution is -0.120. The molecule has 1 aromatic carbocycles. The van der Waals surface area contributed by atoms with Crippen molar-refractivity contribution < 1.29 is 9.53 Å². The average molecular weight is 248 g/mol. The summed E-state index contributed by atoms with van der Waals surface area (Å²) in [5, 5.41) is 2.86. The van der Waals surface area contributed by atoms with Crippen LogP contribution < -0.4 is 11.1 Å². The van der Waals surface area contributed by atoms with E-state index in [4.69, 9.17) is 10.5 Å². The molecule has 0 spiro atoms. The molecule has 0 radical (unpaired) electrons. The Balaban J connectivity index is 2.00. The number of benzene rings is 1.